The second kappa shape index (κ2) is 8.54. The van der Waals surface area contributed by atoms with Crippen LogP contribution in [0.3, 0.4) is 0 Å². The second-order valence-electron chi connectivity index (χ2n) is 7.27. The zero-order valence-corrected chi connectivity index (χ0v) is 18.3. The van der Waals surface area contributed by atoms with Crippen LogP contribution in [-0.4, -0.2) is 15.6 Å². The molecule has 1 aliphatic heterocycles. The Bertz CT molecular complexity index is 901. The van der Waals surface area contributed by atoms with E-state index in [1.54, 1.807) is 0 Å². The third kappa shape index (κ3) is 3.86. The van der Waals surface area contributed by atoms with Crippen molar-refractivity contribution in [3.8, 4) is 0 Å². The molecule has 1 saturated heterocycles. The smallest absolute Gasteiger partial charge is 0.102 e. The van der Waals surface area contributed by atoms with Crippen LogP contribution >= 0.6 is 34.2 Å². The highest BCUT2D eigenvalue weighted by Gasteiger charge is 2.50. The highest BCUT2D eigenvalue weighted by molar-refractivity contribution is 14.1. The van der Waals surface area contributed by atoms with Crippen molar-refractivity contribution in [1.29, 1.82) is 0 Å². The van der Waals surface area contributed by atoms with Crippen LogP contribution in [0.5, 0.6) is 0 Å². The first-order valence-corrected chi connectivity index (χ1v) is 11.3. The fraction of sp³-hybridized carbons (Fsp3) is 0.250. The molecule has 0 aromatic heterocycles. The van der Waals surface area contributed by atoms with E-state index < -0.39 is 5.60 Å². The first kappa shape index (κ1) is 19.9. The van der Waals surface area contributed by atoms with E-state index >= 15 is 0 Å². The summed E-state index contributed by atoms with van der Waals surface area (Å²) in [4.78, 5) is 0. The van der Waals surface area contributed by atoms with E-state index in [1.165, 1.54) is 0 Å². The normalized spacial score (nSPS) is 27.5. The average molecular weight is 505 g/mol. The average Bonchev–Trinajstić information content (AvgIpc) is 2.75. The van der Waals surface area contributed by atoms with Crippen molar-refractivity contribution in [2.75, 3.05) is 4.43 Å². The lowest BCUT2D eigenvalue weighted by Crippen LogP contribution is -2.47. The van der Waals surface area contributed by atoms with Crippen molar-refractivity contribution in [3.63, 3.8) is 0 Å². The third-order valence-corrected chi connectivity index (χ3v) is 6.73. The van der Waals surface area contributed by atoms with E-state index in [-0.39, 0.29) is 18.1 Å². The fourth-order valence-electron chi connectivity index (χ4n) is 4.21. The van der Waals surface area contributed by atoms with Crippen LogP contribution in [0.2, 0.25) is 5.02 Å². The minimum absolute atomic E-state index is 0.0357. The molecule has 28 heavy (non-hydrogen) atoms. The topological polar surface area (TPSA) is 29.5 Å². The molecule has 4 atom stereocenters. The van der Waals surface area contributed by atoms with Gasteiger partial charge in [-0.1, -0.05) is 107 Å². The summed E-state index contributed by atoms with van der Waals surface area (Å²) in [5.74, 6) is -0.225. The van der Waals surface area contributed by atoms with Crippen LogP contribution in [0, 0.1) is 0 Å². The van der Waals surface area contributed by atoms with Crippen LogP contribution in [0.4, 0.5) is 0 Å². The van der Waals surface area contributed by atoms with Crippen molar-refractivity contribution in [2.24, 2.45) is 0 Å². The monoisotopic (exact) mass is 504 g/mol. The molecule has 1 N–H and O–H groups in total. The van der Waals surface area contributed by atoms with Gasteiger partial charge in [-0.15, -0.1) is 0 Å². The number of halogens is 2. The number of rotatable bonds is 4. The Kier molecular flexibility index (Phi) is 6.07. The Morgan fingerprint density at radius 1 is 0.893 bits per heavy atom. The first-order chi connectivity index (χ1) is 13.6. The zero-order chi connectivity index (χ0) is 19.6. The summed E-state index contributed by atoms with van der Waals surface area (Å²) < 4.78 is 7.35. The zero-order valence-electron chi connectivity index (χ0n) is 15.3. The van der Waals surface area contributed by atoms with Gasteiger partial charge in [0.2, 0.25) is 0 Å². The summed E-state index contributed by atoms with van der Waals surface area (Å²) in [5, 5.41) is 12.8. The maximum Gasteiger partial charge on any atom is 0.102 e. The van der Waals surface area contributed by atoms with E-state index in [0.29, 0.717) is 11.4 Å². The van der Waals surface area contributed by atoms with Gasteiger partial charge in [0.25, 0.3) is 0 Å². The summed E-state index contributed by atoms with van der Waals surface area (Å²) in [6.07, 6.45) is 0.258. The SMILES string of the molecule is O[C@]1(c2ccccc2)C[C@@H](CI)O[C@@H](c2ccc(Cl)cc2)[C@@H]1c1ccccc1. The molecule has 1 aliphatic rings. The molecule has 4 heteroatoms. The van der Waals surface area contributed by atoms with E-state index in [4.69, 9.17) is 16.3 Å². The molecular formula is C24H22ClIO2. The van der Waals surface area contributed by atoms with Crippen molar-refractivity contribution >= 4 is 34.2 Å². The summed E-state index contributed by atoms with van der Waals surface area (Å²) in [6.45, 7) is 0. The quantitative estimate of drug-likeness (QED) is 0.335. The molecule has 0 spiro atoms. The van der Waals surface area contributed by atoms with Crippen molar-refractivity contribution in [3.05, 3.63) is 107 Å². The van der Waals surface area contributed by atoms with Crippen LogP contribution in [-0.2, 0) is 10.3 Å². The molecule has 3 aromatic rings. The van der Waals surface area contributed by atoms with Gasteiger partial charge in [0.05, 0.1) is 12.2 Å². The molecule has 3 aromatic carbocycles. The van der Waals surface area contributed by atoms with E-state index in [0.717, 1.165) is 21.1 Å². The van der Waals surface area contributed by atoms with Crippen molar-refractivity contribution in [2.45, 2.75) is 30.1 Å². The number of alkyl halides is 1. The number of hydrogen-bond acceptors (Lipinski definition) is 2. The number of aliphatic hydroxyl groups is 1. The Balaban J connectivity index is 1.88. The summed E-state index contributed by atoms with van der Waals surface area (Å²) in [7, 11) is 0. The molecule has 0 unspecified atom stereocenters. The second-order valence-corrected chi connectivity index (χ2v) is 8.58. The maximum absolute atomic E-state index is 12.1. The molecule has 1 fully saturated rings. The van der Waals surface area contributed by atoms with Gasteiger partial charge in [0, 0.05) is 21.8 Å². The van der Waals surface area contributed by atoms with E-state index in [1.807, 2.05) is 72.8 Å². The van der Waals surface area contributed by atoms with Crippen LogP contribution in [0.1, 0.15) is 35.1 Å². The van der Waals surface area contributed by atoms with Crippen LogP contribution < -0.4 is 0 Å². The Hall–Kier alpha value is -1.40. The van der Waals surface area contributed by atoms with Gasteiger partial charge in [-0.05, 0) is 28.8 Å². The lowest BCUT2D eigenvalue weighted by molar-refractivity contribution is -0.160. The van der Waals surface area contributed by atoms with E-state index in [9.17, 15) is 5.11 Å². The number of benzene rings is 3. The largest absolute Gasteiger partial charge is 0.384 e. The first-order valence-electron chi connectivity index (χ1n) is 9.41. The Labute approximate surface area is 184 Å². The fourth-order valence-corrected chi connectivity index (χ4v) is 4.85. The molecule has 0 amide bonds. The Morgan fingerprint density at radius 2 is 1.50 bits per heavy atom. The van der Waals surface area contributed by atoms with Gasteiger partial charge < -0.3 is 9.84 Å². The van der Waals surface area contributed by atoms with Gasteiger partial charge >= 0.3 is 0 Å². The van der Waals surface area contributed by atoms with E-state index in [2.05, 4.69) is 34.7 Å². The molecule has 144 valence electrons. The third-order valence-electron chi connectivity index (χ3n) is 5.50. The highest BCUT2D eigenvalue weighted by atomic mass is 127. The minimum Gasteiger partial charge on any atom is -0.384 e. The van der Waals surface area contributed by atoms with Gasteiger partial charge in [-0.25, -0.2) is 0 Å². The number of hydrogen-bond donors (Lipinski definition) is 1. The van der Waals surface area contributed by atoms with Gasteiger partial charge in [-0.2, -0.15) is 0 Å². The lowest BCUT2D eigenvalue weighted by atomic mass is 9.68. The van der Waals surface area contributed by atoms with Crippen LogP contribution in [0.15, 0.2) is 84.9 Å². The molecule has 0 saturated carbocycles. The van der Waals surface area contributed by atoms with Crippen molar-refractivity contribution < 1.29 is 9.84 Å². The summed E-state index contributed by atoms with van der Waals surface area (Å²) in [5.41, 5.74) is 2.00. The van der Waals surface area contributed by atoms with Crippen LogP contribution in [0.25, 0.3) is 0 Å². The molecule has 0 aliphatic carbocycles. The number of ether oxygens (including phenoxy) is 1. The summed E-state index contributed by atoms with van der Waals surface area (Å²) in [6, 6.07) is 28.0. The highest BCUT2D eigenvalue weighted by Crippen LogP contribution is 2.53. The predicted molar refractivity (Wildman–Crippen MR) is 122 cm³/mol. The molecule has 1 heterocycles. The predicted octanol–water partition coefficient (Wildman–Crippen LogP) is 6.28. The molecular weight excluding hydrogens is 483 g/mol. The maximum atomic E-state index is 12.1. The van der Waals surface area contributed by atoms with Gasteiger partial charge in [-0.3, -0.25) is 0 Å². The standard InChI is InChI=1S/C24H22ClIO2/c25-20-13-11-18(12-14-20)23-22(17-7-3-1-4-8-17)24(27,15-21(16-26)28-23)19-9-5-2-6-10-19/h1-14,21-23,27H,15-16H2/t21-,22-,23-,24-/m0/s1. The molecule has 0 radical (unpaired) electrons. The molecule has 2 nitrogen and oxygen atoms in total. The molecule has 4 rings (SSSR count). The molecule has 0 bridgehead atoms. The van der Waals surface area contributed by atoms with Gasteiger partial charge in [0.1, 0.15) is 5.60 Å². The minimum atomic E-state index is -1.03. The Morgan fingerprint density at radius 3 is 2.11 bits per heavy atom. The van der Waals surface area contributed by atoms with Crippen molar-refractivity contribution in [1.82, 2.24) is 0 Å². The summed E-state index contributed by atoms with van der Waals surface area (Å²) >= 11 is 8.46. The lowest BCUT2D eigenvalue weighted by Gasteiger charge is -2.48. The van der Waals surface area contributed by atoms with Gasteiger partial charge in [0.15, 0.2) is 0 Å².